The molecule has 1 heterocycles. The number of nitrogens with zero attached hydrogens (tertiary/aromatic N) is 4. The molecule has 1 aliphatic rings. The average molecular weight is 715 g/mol. The van der Waals surface area contributed by atoms with Crippen molar-refractivity contribution in [3.8, 4) is 11.1 Å². The Morgan fingerprint density at radius 3 is 2.39 bits per heavy atom. The fourth-order valence-corrected chi connectivity index (χ4v) is 5.25. The van der Waals surface area contributed by atoms with Gasteiger partial charge in [0.2, 0.25) is 5.91 Å². The van der Waals surface area contributed by atoms with Crippen LogP contribution in [0.4, 0.5) is 17.6 Å². The largest absolute Gasteiger partial charge is 0.416 e. The van der Waals surface area contributed by atoms with Gasteiger partial charge in [-0.3, -0.25) is 9.59 Å². The third-order valence-corrected chi connectivity index (χ3v) is 7.85. The fourth-order valence-electron chi connectivity index (χ4n) is 4.35. The maximum atomic E-state index is 15.4. The first-order valence-corrected chi connectivity index (χ1v) is 15.6. The fraction of sp³-hybridized carbons (Fsp3) is 0.395. The summed E-state index contributed by atoms with van der Waals surface area (Å²) in [6, 6.07) is -5.62. The molecule has 0 saturated heterocycles. The summed E-state index contributed by atoms with van der Waals surface area (Å²) in [5, 5.41) is -0.974. The zero-order valence-corrected chi connectivity index (χ0v) is 27.3. The van der Waals surface area contributed by atoms with E-state index in [2.05, 4.69) is 4.98 Å². The second-order valence-corrected chi connectivity index (χ2v) is 11.2. The van der Waals surface area contributed by atoms with Gasteiger partial charge in [-0.25, -0.2) is 4.39 Å². The van der Waals surface area contributed by atoms with E-state index < -0.39 is 160 Å². The predicted molar refractivity (Wildman–Crippen MR) is 186 cm³/mol. The molecular formula is C38H42F4N4O2S. The first-order valence-electron chi connectivity index (χ1n) is 24.6. The Bertz CT molecular complexity index is 2750. The summed E-state index contributed by atoms with van der Waals surface area (Å²) in [5.74, 6) is -6.64. The SMILES string of the molecule is [2H]c1c([2H])c(C([2H])([2H])N(C(=O)C([2H])([2H])n2c(SCc3ccc(F)cc3)nc(=O)c3c2C([2H])([2H])C([2H])(C)C3([2H])[2H])C([2H])([2H])C([2H])([2H])N(CC)CC)c([2H])c([2H])c1-c1c([2H])c([2H])c(C(F)(F)F)c(C)c1[2H]. The summed E-state index contributed by atoms with van der Waals surface area (Å²) in [4.78, 5) is 32.8. The third kappa shape index (κ3) is 8.99. The number of rotatable bonds is 13. The molecule has 3 aromatic carbocycles. The summed E-state index contributed by atoms with van der Waals surface area (Å²) < 4.78 is 235. The van der Waals surface area contributed by atoms with Crippen LogP contribution in [-0.2, 0) is 42.5 Å². The molecule has 0 saturated carbocycles. The number of likely N-dealkylation sites (N-methyl/N-ethyl adjacent to an activating group) is 1. The van der Waals surface area contributed by atoms with Crippen molar-refractivity contribution in [2.24, 2.45) is 5.89 Å². The first kappa shape index (κ1) is 18.3. The minimum atomic E-state index is -5.28. The van der Waals surface area contributed by atoms with Crippen molar-refractivity contribution in [1.82, 2.24) is 19.4 Å². The molecule has 260 valence electrons. The van der Waals surface area contributed by atoms with Gasteiger partial charge in [0.25, 0.3) is 5.56 Å². The maximum Gasteiger partial charge on any atom is 0.416 e. The number of carbonyl (C=O) groups excluding carboxylic acids is 1. The molecule has 0 N–H and O–H groups in total. The lowest BCUT2D eigenvalue weighted by Crippen LogP contribution is -2.40. The van der Waals surface area contributed by atoms with Gasteiger partial charge in [-0.1, -0.05) is 80.9 Å². The van der Waals surface area contributed by atoms with Crippen LogP contribution in [0.25, 0.3) is 11.1 Å². The highest BCUT2D eigenvalue weighted by molar-refractivity contribution is 7.98. The van der Waals surface area contributed by atoms with Crippen molar-refractivity contribution in [3.05, 3.63) is 116 Å². The van der Waals surface area contributed by atoms with E-state index in [1.807, 2.05) is 0 Å². The zero-order valence-electron chi connectivity index (χ0n) is 46.5. The zero-order chi connectivity index (χ0) is 53.1. The molecule has 4 aromatic rings. The van der Waals surface area contributed by atoms with Gasteiger partial charge in [-0.15, -0.1) is 0 Å². The number of benzene rings is 3. The number of halogens is 4. The van der Waals surface area contributed by atoms with Crippen molar-refractivity contribution >= 4 is 17.7 Å². The molecule has 1 unspecified atom stereocenters. The van der Waals surface area contributed by atoms with Crippen molar-refractivity contribution < 1.29 is 49.8 Å². The van der Waals surface area contributed by atoms with Crippen LogP contribution in [-0.4, -0.2) is 51.3 Å². The second kappa shape index (κ2) is 15.7. The standard InChI is InChI=1S/C38H42F4N4O2S/c1-5-44(6-2)17-18-45(22-27-7-11-29(12-8-27)30-13-16-33(26(4)21-30)38(40,41)42)35(47)23-46-34-20-25(3)19-32(34)36(48)43-37(46)49-24-28-9-14-31(39)15-10-28/h7-16,21,25H,5-6,17-20,22-24H2,1-4H3/i7D,8D,11D,12D,13D,16D,17D2,18D2,19D2,20D2,21D,22D2,23D2,25D. The quantitative estimate of drug-likeness (QED) is 0.0805. The van der Waals surface area contributed by atoms with Gasteiger partial charge < -0.3 is 14.4 Å². The Labute approximate surface area is 317 Å². The molecule has 11 heteroatoms. The van der Waals surface area contributed by atoms with Crippen LogP contribution in [0.2, 0.25) is 0 Å². The van der Waals surface area contributed by atoms with Gasteiger partial charge in [0.1, 0.15) is 12.3 Å². The molecule has 0 aliphatic heterocycles. The molecule has 6 nitrogen and oxygen atoms in total. The number of fused-ring (bicyclic) bond motifs is 1. The Morgan fingerprint density at radius 2 is 1.73 bits per heavy atom. The number of hydrogen-bond donors (Lipinski definition) is 0. The lowest BCUT2D eigenvalue weighted by molar-refractivity contribution is -0.138. The van der Waals surface area contributed by atoms with Gasteiger partial charge in [-0.2, -0.15) is 18.2 Å². The molecule has 1 aliphatic carbocycles. The monoisotopic (exact) mass is 714 g/mol. The molecule has 0 bridgehead atoms. The summed E-state index contributed by atoms with van der Waals surface area (Å²) in [6.07, 6.45) is -12.1. The van der Waals surface area contributed by atoms with Gasteiger partial charge in [0.15, 0.2) is 5.16 Å². The average Bonchev–Trinajstić information content (AvgIpc) is 3.32. The van der Waals surface area contributed by atoms with Crippen LogP contribution in [0.3, 0.4) is 0 Å². The minimum Gasteiger partial charge on any atom is -0.336 e. The van der Waals surface area contributed by atoms with Crippen LogP contribution in [0.5, 0.6) is 0 Å². The smallest absolute Gasteiger partial charge is 0.336 e. The van der Waals surface area contributed by atoms with Crippen molar-refractivity contribution in [2.75, 3.05) is 26.1 Å². The van der Waals surface area contributed by atoms with E-state index >= 15 is 4.79 Å². The molecule has 1 atom stereocenters. The molecule has 1 amide bonds. The molecular weight excluding hydrogens is 653 g/mol. The predicted octanol–water partition coefficient (Wildman–Crippen LogP) is 7.77. The van der Waals surface area contributed by atoms with E-state index in [0.717, 1.165) is 19.1 Å². The second-order valence-electron chi connectivity index (χ2n) is 10.3. The Morgan fingerprint density at radius 1 is 1.06 bits per heavy atom. The number of thioether (sulfide) groups is 1. The lowest BCUT2D eigenvalue weighted by atomic mass is 9.98. The number of hydrogen-bond acceptors (Lipinski definition) is 5. The van der Waals surface area contributed by atoms with Crippen LogP contribution in [0.1, 0.15) is 81.7 Å². The van der Waals surface area contributed by atoms with Gasteiger partial charge in [0.05, 0.1) is 23.4 Å². The number of alkyl halides is 3. The maximum absolute atomic E-state index is 15.4. The number of amides is 1. The molecule has 5 rings (SSSR count). The van der Waals surface area contributed by atoms with E-state index in [0.29, 0.717) is 23.6 Å². The lowest BCUT2D eigenvalue weighted by Gasteiger charge is -2.28. The van der Waals surface area contributed by atoms with Crippen molar-refractivity contribution in [3.63, 3.8) is 0 Å². The third-order valence-electron chi connectivity index (χ3n) is 6.84. The summed E-state index contributed by atoms with van der Waals surface area (Å²) in [5.41, 5.74) is -10.4. The molecule has 1 aromatic heterocycles. The molecule has 0 fully saturated rings. The van der Waals surface area contributed by atoms with E-state index in [4.69, 9.17) is 19.2 Å². The van der Waals surface area contributed by atoms with Crippen LogP contribution < -0.4 is 5.56 Å². The van der Waals surface area contributed by atoms with Crippen LogP contribution in [0.15, 0.2) is 76.5 Å². The molecule has 0 spiro atoms. The van der Waals surface area contributed by atoms with E-state index in [9.17, 15) is 30.6 Å². The number of aromatic nitrogens is 2. The van der Waals surface area contributed by atoms with Crippen LogP contribution in [0, 0.1) is 18.6 Å². The van der Waals surface area contributed by atoms with Crippen LogP contribution >= 0.6 is 11.8 Å². The Kier molecular flexibility index (Phi) is 5.88. The highest BCUT2D eigenvalue weighted by Crippen LogP contribution is 2.34. The molecule has 49 heavy (non-hydrogen) atoms. The van der Waals surface area contributed by atoms with Crippen molar-refractivity contribution in [2.45, 2.75) is 70.5 Å². The minimum absolute atomic E-state index is 0.0148. The van der Waals surface area contributed by atoms with Gasteiger partial charge in [-0.05, 0) is 84.6 Å². The highest BCUT2D eigenvalue weighted by atomic mass is 32.2. The van der Waals surface area contributed by atoms with E-state index in [1.165, 1.54) is 26.0 Å². The Hall–Kier alpha value is -3.96. The van der Waals surface area contributed by atoms with E-state index in [1.54, 1.807) is 0 Å². The summed E-state index contributed by atoms with van der Waals surface area (Å²) in [7, 11) is 0. The topological polar surface area (TPSA) is 58.4 Å². The normalized spacial score (nSPS) is 25.0. The Balaban J connectivity index is 1.91. The van der Waals surface area contributed by atoms with Gasteiger partial charge in [0, 0.05) is 46.1 Å². The number of carbonyl (C=O) groups is 1. The molecule has 0 radical (unpaired) electrons. The summed E-state index contributed by atoms with van der Waals surface area (Å²) >= 11 is 0.369. The van der Waals surface area contributed by atoms with Gasteiger partial charge >= 0.3 is 6.18 Å². The van der Waals surface area contributed by atoms with Crippen molar-refractivity contribution in [1.29, 1.82) is 0 Å². The first-order chi connectivity index (χ1) is 31.2. The highest BCUT2D eigenvalue weighted by Gasteiger charge is 2.32. The van der Waals surface area contributed by atoms with E-state index in [-0.39, 0.29) is 29.0 Å². The summed E-state index contributed by atoms with van der Waals surface area (Å²) in [6.45, 7) is -13.1.